The minimum absolute atomic E-state index is 0.00444. The van der Waals surface area contributed by atoms with Crippen molar-refractivity contribution in [2.75, 3.05) is 7.11 Å². The van der Waals surface area contributed by atoms with Crippen molar-refractivity contribution >= 4 is 17.7 Å². The first-order valence-electron chi connectivity index (χ1n) is 8.80. The molecule has 2 aromatic rings. The molecule has 0 aliphatic carbocycles. The Morgan fingerprint density at radius 1 is 1.38 bits per heavy atom. The molecule has 2 atom stereocenters. The van der Waals surface area contributed by atoms with Crippen molar-refractivity contribution in [3.8, 4) is 5.75 Å². The Morgan fingerprint density at radius 2 is 2.21 bits per heavy atom. The summed E-state index contributed by atoms with van der Waals surface area (Å²) in [6.07, 6.45) is 3.54. The minimum atomic E-state index is -0.809. The lowest BCUT2D eigenvalue weighted by atomic mass is 10.1. The van der Waals surface area contributed by atoms with Gasteiger partial charge in [-0.1, -0.05) is 6.07 Å². The number of esters is 1. The highest BCUT2D eigenvalue weighted by Crippen LogP contribution is 2.31. The zero-order valence-electron chi connectivity index (χ0n) is 15.6. The number of aromatic nitrogens is 2. The van der Waals surface area contributed by atoms with E-state index in [4.69, 9.17) is 14.2 Å². The molecule has 0 amide bonds. The Balaban J connectivity index is 1.67. The van der Waals surface area contributed by atoms with E-state index in [-0.39, 0.29) is 18.0 Å². The number of carbonyl (C=O) groups is 2. The van der Waals surface area contributed by atoms with Crippen LogP contribution in [0.15, 0.2) is 36.9 Å². The van der Waals surface area contributed by atoms with E-state index in [9.17, 15) is 19.7 Å². The van der Waals surface area contributed by atoms with Crippen LogP contribution in [0.2, 0.25) is 0 Å². The van der Waals surface area contributed by atoms with Gasteiger partial charge < -0.3 is 18.9 Å². The molecule has 0 bridgehead atoms. The summed E-state index contributed by atoms with van der Waals surface area (Å²) in [5.41, 5.74) is 0.111. The number of hydrogen-bond acceptors (Lipinski definition) is 9. The van der Waals surface area contributed by atoms with Crippen molar-refractivity contribution in [1.82, 2.24) is 9.55 Å². The molecule has 1 aliphatic rings. The molecular formula is C18H19N3O8. The standard InChI is InChI=1S/C18H19N3O8/c1-26-17(22)15-3-2-4-16(29-15)28-14-6-5-12(9-13(14)21(24)25)10-27-18(23)20-8-7-19-11-20/h5-9,11,15-16H,2-4,10H2,1H3. The molecule has 1 fully saturated rings. The number of ether oxygens (including phenoxy) is 4. The lowest BCUT2D eigenvalue weighted by Crippen LogP contribution is -2.37. The van der Waals surface area contributed by atoms with Crippen LogP contribution < -0.4 is 4.74 Å². The summed E-state index contributed by atoms with van der Waals surface area (Å²) < 4.78 is 22.1. The van der Waals surface area contributed by atoms with E-state index in [1.807, 2.05) is 0 Å². The first-order chi connectivity index (χ1) is 14.0. The van der Waals surface area contributed by atoms with Crippen molar-refractivity contribution in [2.45, 2.75) is 38.3 Å². The van der Waals surface area contributed by atoms with Crippen LogP contribution in [0.4, 0.5) is 10.5 Å². The number of imidazole rings is 1. The summed E-state index contributed by atoms with van der Waals surface area (Å²) >= 11 is 0. The van der Waals surface area contributed by atoms with Crippen molar-refractivity contribution in [2.24, 2.45) is 0 Å². The van der Waals surface area contributed by atoms with Gasteiger partial charge in [0.1, 0.15) is 12.9 Å². The number of rotatable bonds is 6. The number of methoxy groups -OCH3 is 1. The number of nitrogens with zero attached hydrogens (tertiary/aromatic N) is 3. The van der Waals surface area contributed by atoms with Crippen LogP contribution in [-0.4, -0.2) is 46.0 Å². The number of benzene rings is 1. The Bertz CT molecular complexity index is 883. The molecule has 29 heavy (non-hydrogen) atoms. The zero-order valence-corrected chi connectivity index (χ0v) is 15.6. The molecule has 154 valence electrons. The fourth-order valence-corrected chi connectivity index (χ4v) is 2.80. The van der Waals surface area contributed by atoms with Gasteiger partial charge in [-0.15, -0.1) is 0 Å². The highest BCUT2D eigenvalue weighted by molar-refractivity contribution is 5.74. The lowest BCUT2D eigenvalue weighted by molar-refractivity contribution is -0.386. The van der Waals surface area contributed by atoms with Crippen molar-refractivity contribution in [1.29, 1.82) is 0 Å². The SMILES string of the molecule is COC(=O)C1CCCC(Oc2ccc(COC(=O)n3ccnc3)cc2[N+](=O)[O-])O1. The van der Waals surface area contributed by atoms with E-state index in [1.54, 1.807) is 6.07 Å². The molecule has 0 spiro atoms. The monoisotopic (exact) mass is 405 g/mol. The van der Waals surface area contributed by atoms with Crippen molar-refractivity contribution in [3.63, 3.8) is 0 Å². The Hall–Kier alpha value is -3.47. The van der Waals surface area contributed by atoms with E-state index in [0.717, 1.165) is 4.57 Å². The highest BCUT2D eigenvalue weighted by atomic mass is 16.7. The smallest absolute Gasteiger partial charge is 0.419 e. The highest BCUT2D eigenvalue weighted by Gasteiger charge is 2.31. The Labute approximate surface area is 165 Å². The van der Waals surface area contributed by atoms with Gasteiger partial charge in [0, 0.05) is 24.9 Å². The van der Waals surface area contributed by atoms with Gasteiger partial charge in [-0.2, -0.15) is 0 Å². The second-order valence-corrected chi connectivity index (χ2v) is 6.21. The molecule has 1 aliphatic heterocycles. The van der Waals surface area contributed by atoms with Gasteiger partial charge in [0.05, 0.1) is 12.0 Å². The third-order valence-electron chi connectivity index (χ3n) is 4.24. The van der Waals surface area contributed by atoms with Gasteiger partial charge in [0.25, 0.3) is 0 Å². The summed E-state index contributed by atoms with van der Waals surface area (Å²) in [5.74, 6) is -0.516. The average Bonchev–Trinajstić information content (AvgIpc) is 3.27. The first-order valence-corrected chi connectivity index (χ1v) is 8.80. The summed E-state index contributed by atoms with van der Waals surface area (Å²) in [5, 5.41) is 11.4. The van der Waals surface area contributed by atoms with Gasteiger partial charge in [-0.05, 0) is 24.5 Å². The molecule has 0 radical (unpaired) electrons. The second kappa shape index (κ2) is 9.15. The summed E-state index contributed by atoms with van der Waals surface area (Å²) in [6, 6.07) is 4.21. The predicted molar refractivity (Wildman–Crippen MR) is 96.1 cm³/mol. The van der Waals surface area contributed by atoms with Crippen LogP contribution in [0.3, 0.4) is 0 Å². The molecule has 11 heteroatoms. The van der Waals surface area contributed by atoms with Gasteiger partial charge in [0.2, 0.25) is 6.29 Å². The average molecular weight is 405 g/mol. The van der Waals surface area contributed by atoms with Gasteiger partial charge >= 0.3 is 17.7 Å². The molecular weight excluding hydrogens is 386 g/mol. The zero-order chi connectivity index (χ0) is 20.8. The van der Waals surface area contributed by atoms with Gasteiger partial charge in [-0.25, -0.2) is 19.1 Å². The van der Waals surface area contributed by atoms with Crippen LogP contribution in [0.1, 0.15) is 24.8 Å². The molecule has 3 rings (SSSR count). The van der Waals surface area contributed by atoms with E-state index >= 15 is 0 Å². The summed E-state index contributed by atoms with van der Waals surface area (Å²) in [4.78, 5) is 38.1. The van der Waals surface area contributed by atoms with Crippen LogP contribution in [0.5, 0.6) is 5.75 Å². The molecule has 0 N–H and O–H groups in total. The van der Waals surface area contributed by atoms with Gasteiger partial charge in [-0.3, -0.25) is 10.1 Å². The normalized spacial score (nSPS) is 18.7. The maximum absolute atomic E-state index is 11.8. The second-order valence-electron chi connectivity index (χ2n) is 6.21. The molecule has 0 saturated carbocycles. The maximum atomic E-state index is 11.8. The quantitative estimate of drug-likeness (QED) is 0.404. The van der Waals surface area contributed by atoms with Crippen molar-refractivity contribution in [3.05, 3.63) is 52.6 Å². The van der Waals surface area contributed by atoms with Crippen LogP contribution in [-0.2, 0) is 25.6 Å². The predicted octanol–water partition coefficient (Wildman–Crippen LogP) is 2.42. The topological polar surface area (TPSA) is 132 Å². The first kappa shape index (κ1) is 20.3. The largest absolute Gasteiger partial charge is 0.467 e. The fraction of sp³-hybridized carbons (Fsp3) is 0.389. The number of nitro benzene ring substituents is 1. The number of nitro groups is 1. The fourth-order valence-electron chi connectivity index (χ4n) is 2.80. The number of carbonyl (C=O) groups excluding carboxylic acids is 2. The molecule has 11 nitrogen and oxygen atoms in total. The van der Waals surface area contributed by atoms with E-state index in [0.29, 0.717) is 24.8 Å². The van der Waals surface area contributed by atoms with E-state index in [1.165, 1.54) is 38.0 Å². The molecule has 1 aromatic carbocycles. The minimum Gasteiger partial charge on any atom is -0.467 e. The Kier molecular flexibility index (Phi) is 6.39. The van der Waals surface area contributed by atoms with Crippen LogP contribution in [0, 0.1) is 10.1 Å². The molecule has 2 heterocycles. The summed E-state index contributed by atoms with van der Waals surface area (Å²) in [6.45, 7) is -0.164. The summed E-state index contributed by atoms with van der Waals surface area (Å²) in [7, 11) is 1.26. The number of hydrogen-bond donors (Lipinski definition) is 0. The third kappa shape index (κ3) is 5.08. The molecule has 1 saturated heterocycles. The molecule has 2 unspecified atom stereocenters. The van der Waals surface area contributed by atoms with E-state index < -0.39 is 29.4 Å². The third-order valence-corrected chi connectivity index (χ3v) is 4.24. The van der Waals surface area contributed by atoms with Crippen LogP contribution in [0.25, 0.3) is 0 Å². The van der Waals surface area contributed by atoms with E-state index in [2.05, 4.69) is 9.72 Å². The van der Waals surface area contributed by atoms with Gasteiger partial charge in [0.15, 0.2) is 11.9 Å². The van der Waals surface area contributed by atoms with Crippen LogP contribution >= 0.6 is 0 Å². The lowest BCUT2D eigenvalue weighted by Gasteiger charge is -2.28. The molecule has 1 aromatic heterocycles. The van der Waals surface area contributed by atoms with Crippen molar-refractivity contribution < 1.29 is 33.5 Å². The maximum Gasteiger partial charge on any atom is 0.419 e. The Morgan fingerprint density at radius 3 is 2.90 bits per heavy atom.